The summed E-state index contributed by atoms with van der Waals surface area (Å²) in [6.07, 6.45) is 2.56. The first-order chi connectivity index (χ1) is 9.09. The molecule has 2 nitrogen and oxygen atoms in total. The molecule has 0 radical (unpaired) electrons. The largest absolute Gasteiger partial charge is 0.314 e. The maximum Gasteiger partial charge on any atom is 0.0453 e. The molecule has 3 heteroatoms. The molecule has 1 aromatic carbocycles. The smallest absolute Gasteiger partial charge is 0.0453 e. The molecule has 2 unspecified atom stereocenters. The third-order valence-electron chi connectivity index (χ3n) is 4.02. The zero-order valence-corrected chi connectivity index (χ0v) is 13.0. The molecule has 2 atom stereocenters. The van der Waals surface area contributed by atoms with Crippen molar-refractivity contribution >= 4 is 11.6 Å². The van der Waals surface area contributed by atoms with E-state index in [0.29, 0.717) is 18.0 Å². The lowest BCUT2D eigenvalue weighted by atomic mass is 9.84. The molecule has 0 aromatic heterocycles. The fourth-order valence-corrected chi connectivity index (χ4v) is 3.31. The molecule has 106 valence electrons. The Morgan fingerprint density at radius 2 is 2.11 bits per heavy atom. The van der Waals surface area contributed by atoms with E-state index < -0.39 is 0 Å². The highest BCUT2D eigenvalue weighted by molar-refractivity contribution is 6.31. The van der Waals surface area contributed by atoms with Crippen LogP contribution in [0, 0.1) is 5.92 Å². The lowest BCUT2D eigenvalue weighted by molar-refractivity contribution is 0.118. The molecule has 1 aromatic rings. The molecule has 0 saturated carbocycles. The van der Waals surface area contributed by atoms with Crippen molar-refractivity contribution in [2.75, 3.05) is 20.1 Å². The van der Waals surface area contributed by atoms with E-state index in [1.54, 1.807) is 0 Å². The van der Waals surface area contributed by atoms with E-state index in [1.165, 1.54) is 18.4 Å². The van der Waals surface area contributed by atoms with Gasteiger partial charge < -0.3 is 5.32 Å². The van der Waals surface area contributed by atoms with Gasteiger partial charge in [-0.1, -0.05) is 43.6 Å². The minimum absolute atomic E-state index is 0.439. The first kappa shape index (κ1) is 14.8. The van der Waals surface area contributed by atoms with E-state index in [9.17, 15) is 0 Å². The van der Waals surface area contributed by atoms with Crippen molar-refractivity contribution in [1.29, 1.82) is 0 Å². The van der Waals surface area contributed by atoms with Gasteiger partial charge in [-0.05, 0) is 44.0 Å². The minimum Gasteiger partial charge on any atom is -0.314 e. The van der Waals surface area contributed by atoms with Crippen molar-refractivity contribution in [3.05, 3.63) is 34.9 Å². The van der Waals surface area contributed by atoms with Crippen molar-refractivity contribution in [3.63, 3.8) is 0 Å². The fourth-order valence-electron chi connectivity index (χ4n) is 3.07. The molecule has 0 aliphatic carbocycles. The molecule has 0 spiro atoms. The Labute approximate surface area is 122 Å². The Bertz CT molecular complexity index is 405. The summed E-state index contributed by atoms with van der Waals surface area (Å²) in [5.74, 6) is 0.640. The highest BCUT2D eigenvalue weighted by atomic mass is 35.5. The van der Waals surface area contributed by atoms with Crippen LogP contribution >= 0.6 is 11.6 Å². The molecule has 1 fully saturated rings. The highest BCUT2D eigenvalue weighted by Gasteiger charge is 2.31. The number of nitrogens with one attached hydrogen (secondary N) is 1. The van der Waals surface area contributed by atoms with Crippen molar-refractivity contribution < 1.29 is 0 Å². The molecule has 1 heterocycles. The van der Waals surface area contributed by atoms with Gasteiger partial charge in [-0.3, -0.25) is 4.90 Å². The van der Waals surface area contributed by atoms with Gasteiger partial charge in [0, 0.05) is 23.7 Å². The lowest BCUT2D eigenvalue weighted by Crippen LogP contribution is -2.41. The number of likely N-dealkylation sites (tertiary alicyclic amines) is 1. The first-order valence-corrected chi connectivity index (χ1v) is 7.65. The average Bonchev–Trinajstić information content (AvgIpc) is 2.37. The van der Waals surface area contributed by atoms with Gasteiger partial charge in [0.25, 0.3) is 0 Å². The van der Waals surface area contributed by atoms with Gasteiger partial charge in [-0.25, -0.2) is 0 Å². The molecular formula is C16H25ClN2. The Hall–Kier alpha value is -0.570. The lowest BCUT2D eigenvalue weighted by Gasteiger charge is -2.40. The summed E-state index contributed by atoms with van der Waals surface area (Å²) in [6.45, 7) is 6.64. The van der Waals surface area contributed by atoms with Crippen molar-refractivity contribution in [2.24, 2.45) is 5.92 Å². The number of rotatable bonds is 4. The van der Waals surface area contributed by atoms with Gasteiger partial charge in [-0.2, -0.15) is 0 Å². The molecule has 1 N–H and O–H groups in total. The number of hydrogen-bond acceptors (Lipinski definition) is 2. The number of nitrogens with zero attached hydrogens (tertiary/aromatic N) is 1. The van der Waals surface area contributed by atoms with E-state index in [0.717, 1.165) is 18.1 Å². The molecule has 0 amide bonds. The fraction of sp³-hybridized carbons (Fsp3) is 0.625. The Balaban J connectivity index is 2.19. The monoisotopic (exact) mass is 280 g/mol. The summed E-state index contributed by atoms with van der Waals surface area (Å²) in [4.78, 5) is 2.46. The Kier molecular flexibility index (Phi) is 5.26. The van der Waals surface area contributed by atoms with Crippen molar-refractivity contribution in [1.82, 2.24) is 10.2 Å². The van der Waals surface area contributed by atoms with Crippen LogP contribution in [-0.4, -0.2) is 31.1 Å². The maximum absolute atomic E-state index is 6.40. The minimum atomic E-state index is 0.439. The normalized spacial score (nSPS) is 24.9. The van der Waals surface area contributed by atoms with Crippen LogP contribution in [0.2, 0.25) is 5.02 Å². The summed E-state index contributed by atoms with van der Waals surface area (Å²) in [6, 6.07) is 9.27. The van der Waals surface area contributed by atoms with E-state index in [2.05, 4.69) is 43.2 Å². The predicted molar refractivity (Wildman–Crippen MR) is 82.7 cm³/mol. The standard InChI is InChI=1S/C16H25ClN2/c1-12(2)18-11-13-7-6-10-19(3)16(13)14-8-4-5-9-15(14)17/h4-5,8-9,12-13,16,18H,6-7,10-11H2,1-3H3. The van der Waals surface area contributed by atoms with E-state index in [4.69, 9.17) is 11.6 Å². The summed E-state index contributed by atoms with van der Waals surface area (Å²) >= 11 is 6.40. The summed E-state index contributed by atoms with van der Waals surface area (Å²) in [5.41, 5.74) is 1.28. The molecule has 2 rings (SSSR count). The van der Waals surface area contributed by atoms with Crippen LogP contribution in [0.3, 0.4) is 0 Å². The van der Waals surface area contributed by atoms with Crippen molar-refractivity contribution in [3.8, 4) is 0 Å². The van der Waals surface area contributed by atoms with E-state index >= 15 is 0 Å². The molecule has 1 aliphatic heterocycles. The summed E-state index contributed by atoms with van der Waals surface area (Å²) in [7, 11) is 2.22. The van der Waals surface area contributed by atoms with Crippen LogP contribution in [0.25, 0.3) is 0 Å². The Morgan fingerprint density at radius 3 is 2.79 bits per heavy atom. The SMILES string of the molecule is CC(C)NCC1CCCN(C)C1c1ccccc1Cl. The number of piperidine rings is 1. The zero-order valence-electron chi connectivity index (χ0n) is 12.2. The molecule has 0 bridgehead atoms. The number of benzene rings is 1. The molecular weight excluding hydrogens is 256 g/mol. The van der Waals surface area contributed by atoms with Gasteiger partial charge in [0.05, 0.1) is 0 Å². The summed E-state index contributed by atoms with van der Waals surface area (Å²) < 4.78 is 0. The molecule has 19 heavy (non-hydrogen) atoms. The average molecular weight is 281 g/mol. The number of halogens is 1. The Morgan fingerprint density at radius 1 is 1.37 bits per heavy atom. The van der Waals surface area contributed by atoms with Crippen LogP contribution in [-0.2, 0) is 0 Å². The predicted octanol–water partition coefficient (Wildman–Crippen LogP) is 3.72. The second-order valence-corrected chi connectivity index (χ2v) is 6.32. The second-order valence-electron chi connectivity index (χ2n) is 5.91. The van der Waals surface area contributed by atoms with Crippen molar-refractivity contribution in [2.45, 2.75) is 38.8 Å². The summed E-state index contributed by atoms with van der Waals surface area (Å²) in [5, 5.41) is 4.48. The third kappa shape index (κ3) is 3.71. The second kappa shape index (κ2) is 6.74. The highest BCUT2D eigenvalue weighted by Crippen LogP contribution is 2.37. The maximum atomic E-state index is 6.40. The van der Waals surface area contributed by atoms with Crippen LogP contribution in [0.15, 0.2) is 24.3 Å². The quantitative estimate of drug-likeness (QED) is 0.904. The van der Waals surface area contributed by atoms with E-state index in [-0.39, 0.29) is 0 Å². The van der Waals surface area contributed by atoms with Crippen LogP contribution in [0.1, 0.15) is 38.3 Å². The van der Waals surface area contributed by atoms with Gasteiger partial charge in [0.15, 0.2) is 0 Å². The molecule has 1 saturated heterocycles. The van der Waals surface area contributed by atoms with Gasteiger partial charge in [0.1, 0.15) is 0 Å². The van der Waals surface area contributed by atoms with Gasteiger partial charge in [-0.15, -0.1) is 0 Å². The van der Waals surface area contributed by atoms with Crippen LogP contribution < -0.4 is 5.32 Å². The van der Waals surface area contributed by atoms with Crippen LogP contribution in [0.5, 0.6) is 0 Å². The van der Waals surface area contributed by atoms with Gasteiger partial charge >= 0.3 is 0 Å². The first-order valence-electron chi connectivity index (χ1n) is 7.27. The van der Waals surface area contributed by atoms with Crippen LogP contribution in [0.4, 0.5) is 0 Å². The van der Waals surface area contributed by atoms with E-state index in [1.807, 2.05) is 12.1 Å². The number of hydrogen-bond donors (Lipinski definition) is 1. The molecule has 1 aliphatic rings. The zero-order chi connectivity index (χ0) is 13.8. The third-order valence-corrected chi connectivity index (χ3v) is 4.36. The van der Waals surface area contributed by atoms with Gasteiger partial charge in [0.2, 0.25) is 0 Å². The topological polar surface area (TPSA) is 15.3 Å².